The topological polar surface area (TPSA) is 29.9 Å². The Morgan fingerprint density at radius 2 is 2.29 bits per heavy atom. The Hall–Kier alpha value is -1.32. The Bertz CT molecular complexity index is 466. The van der Waals surface area contributed by atoms with Gasteiger partial charge in [0, 0.05) is 37.1 Å². The van der Waals surface area contributed by atoms with Crippen LogP contribution in [0.25, 0.3) is 0 Å². The fraction of sp³-hybridized carbons (Fsp3) is 0.308. The fourth-order valence-electron chi connectivity index (χ4n) is 1.65. The van der Waals surface area contributed by atoms with Gasteiger partial charge in [-0.3, -0.25) is 0 Å². The van der Waals surface area contributed by atoms with Crippen LogP contribution >= 0.6 is 11.6 Å². The highest BCUT2D eigenvalue weighted by Gasteiger charge is 1.99. The molecule has 1 aromatic carbocycles. The zero-order valence-corrected chi connectivity index (χ0v) is 10.6. The lowest BCUT2D eigenvalue weighted by Gasteiger charge is -2.07. The van der Waals surface area contributed by atoms with Gasteiger partial charge in [0.05, 0.1) is 6.33 Å². The van der Waals surface area contributed by atoms with E-state index < -0.39 is 0 Å². The van der Waals surface area contributed by atoms with E-state index in [4.69, 9.17) is 11.6 Å². The van der Waals surface area contributed by atoms with Crippen molar-refractivity contribution in [2.24, 2.45) is 0 Å². The number of halogens is 1. The highest BCUT2D eigenvalue weighted by Crippen LogP contribution is 2.16. The molecule has 0 amide bonds. The second-order valence-electron chi connectivity index (χ2n) is 4.07. The zero-order chi connectivity index (χ0) is 12.1. The van der Waals surface area contributed by atoms with Crippen molar-refractivity contribution in [2.75, 3.05) is 6.54 Å². The minimum atomic E-state index is 0.799. The Morgan fingerprint density at radius 1 is 1.41 bits per heavy atom. The van der Waals surface area contributed by atoms with Gasteiger partial charge in [-0.05, 0) is 24.1 Å². The first-order valence-electron chi connectivity index (χ1n) is 5.67. The molecule has 0 bridgehead atoms. The second kappa shape index (κ2) is 5.84. The lowest BCUT2D eigenvalue weighted by atomic mass is 10.1. The summed E-state index contributed by atoms with van der Waals surface area (Å²) >= 11 is 6.15. The highest BCUT2D eigenvalue weighted by atomic mass is 35.5. The van der Waals surface area contributed by atoms with Crippen LogP contribution in [-0.2, 0) is 13.1 Å². The third kappa shape index (κ3) is 3.58. The molecule has 0 atom stereocenters. The maximum atomic E-state index is 6.15. The van der Waals surface area contributed by atoms with Crippen molar-refractivity contribution in [1.82, 2.24) is 14.9 Å². The van der Waals surface area contributed by atoms with E-state index in [-0.39, 0.29) is 0 Å². The molecule has 0 spiro atoms. The molecule has 2 rings (SSSR count). The monoisotopic (exact) mass is 249 g/mol. The minimum absolute atomic E-state index is 0.799. The molecule has 1 aromatic heterocycles. The third-order valence-electron chi connectivity index (χ3n) is 2.63. The Morgan fingerprint density at radius 3 is 3.00 bits per heavy atom. The van der Waals surface area contributed by atoms with Crippen molar-refractivity contribution < 1.29 is 0 Å². The summed E-state index contributed by atoms with van der Waals surface area (Å²) < 4.78 is 2.05. The molecule has 17 heavy (non-hydrogen) atoms. The minimum Gasteiger partial charge on any atom is -0.336 e. The zero-order valence-electron chi connectivity index (χ0n) is 9.86. The maximum absolute atomic E-state index is 6.15. The first-order valence-corrected chi connectivity index (χ1v) is 6.05. The van der Waals surface area contributed by atoms with E-state index in [1.807, 2.05) is 30.1 Å². The van der Waals surface area contributed by atoms with Crippen LogP contribution in [0.3, 0.4) is 0 Å². The number of aryl methyl sites for hydroxylation is 1. The van der Waals surface area contributed by atoms with Crippen LogP contribution in [0.4, 0.5) is 0 Å². The molecule has 0 aliphatic carbocycles. The molecule has 0 saturated carbocycles. The smallest absolute Gasteiger partial charge is 0.0946 e. The lowest BCUT2D eigenvalue weighted by molar-refractivity contribution is 0.597. The van der Waals surface area contributed by atoms with E-state index >= 15 is 0 Å². The molecular weight excluding hydrogens is 234 g/mol. The maximum Gasteiger partial charge on any atom is 0.0946 e. The summed E-state index contributed by atoms with van der Waals surface area (Å²) in [5.74, 6) is 0. The summed E-state index contributed by atoms with van der Waals surface area (Å²) in [6, 6.07) is 6.15. The predicted octanol–water partition coefficient (Wildman–Crippen LogP) is 2.63. The normalized spacial score (nSPS) is 10.7. The molecule has 1 N–H and O–H groups in total. The average Bonchev–Trinajstić information content (AvgIpc) is 2.79. The second-order valence-corrected chi connectivity index (χ2v) is 4.48. The van der Waals surface area contributed by atoms with E-state index in [0.717, 1.165) is 30.2 Å². The molecule has 0 saturated heterocycles. The van der Waals surface area contributed by atoms with Gasteiger partial charge in [0.1, 0.15) is 0 Å². The Labute approximate surface area is 106 Å². The van der Waals surface area contributed by atoms with Gasteiger partial charge in [-0.25, -0.2) is 4.98 Å². The molecule has 4 heteroatoms. The van der Waals surface area contributed by atoms with Crippen LogP contribution in [0.2, 0.25) is 5.02 Å². The molecule has 90 valence electrons. The number of hydrogen-bond acceptors (Lipinski definition) is 2. The number of hydrogen-bond donors (Lipinski definition) is 1. The number of nitrogens with one attached hydrogen (secondary N) is 1. The van der Waals surface area contributed by atoms with Crippen molar-refractivity contribution in [3.8, 4) is 0 Å². The summed E-state index contributed by atoms with van der Waals surface area (Å²) in [7, 11) is 0. The van der Waals surface area contributed by atoms with Crippen molar-refractivity contribution in [2.45, 2.75) is 20.0 Å². The quantitative estimate of drug-likeness (QED) is 0.826. The summed E-state index contributed by atoms with van der Waals surface area (Å²) in [4.78, 5) is 4.00. The van der Waals surface area contributed by atoms with Gasteiger partial charge >= 0.3 is 0 Å². The van der Waals surface area contributed by atoms with Crippen LogP contribution < -0.4 is 5.32 Å². The number of nitrogens with zero attached hydrogens (tertiary/aromatic N) is 2. The third-order valence-corrected chi connectivity index (χ3v) is 2.98. The Balaban J connectivity index is 1.78. The fourth-order valence-corrected chi connectivity index (χ4v) is 1.95. The number of benzene rings is 1. The molecule has 0 radical (unpaired) electrons. The lowest BCUT2D eigenvalue weighted by Crippen LogP contribution is -2.19. The van der Waals surface area contributed by atoms with Gasteiger partial charge in [-0.2, -0.15) is 0 Å². The molecule has 0 fully saturated rings. The first-order chi connectivity index (χ1) is 8.25. The van der Waals surface area contributed by atoms with E-state index in [1.54, 1.807) is 6.20 Å². The standard InChI is InChI=1S/C13H16ClN3/c1-11-2-3-12(13(14)8-11)9-15-4-6-17-7-5-16-10-17/h2-3,5,7-8,10,15H,4,6,9H2,1H3. The largest absolute Gasteiger partial charge is 0.336 e. The Kier molecular flexibility index (Phi) is 4.18. The van der Waals surface area contributed by atoms with Gasteiger partial charge in [0.25, 0.3) is 0 Å². The molecule has 0 aliphatic heterocycles. The van der Waals surface area contributed by atoms with Gasteiger partial charge in [-0.15, -0.1) is 0 Å². The summed E-state index contributed by atoms with van der Waals surface area (Å²) in [6.45, 7) is 4.67. The number of imidazole rings is 1. The predicted molar refractivity (Wildman–Crippen MR) is 70.1 cm³/mol. The van der Waals surface area contributed by atoms with Gasteiger partial charge in [-0.1, -0.05) is 23.7 Å². The van der Waals surface area contributed by atoms with Gasteiger partial charge < -0.3 is 9.88 Å². The van der Waals surface area contributed by atoms with Crippen molar-refractivity contribution in [3.63, 3.8) is 0 Å². The highest BCUT2D eigenvalue weighted by molar-refractivity contribution is 6.31. The van der Waals surface area contributed by atoms with Crippen molar-refractivity contribution >= 4 is 11.6 Å². The molecule has 0 unspecified atom stereocenters. The van der Waals surface area contributed by atoms with Crippen LogP contribution in [0, 0.1) is 6.92 Å². The van der Waals surface area contributed by atoms with Crippen molar-refractivity contribution in [1.29, 1.82) is 0 Å². The first kappa shape index (κ1) is 12.1. The van der Waals surface area contributed by atoms with E-state index in [1.165, 1.54) is 5.56 Å². The van der Waals surface area contributed by atoms with E-state index in [2.05, 4.69) is 22.4 Å². The van der Waals surface area contributed by atoms with Crippen LogP contribution in [-0.4, -0.2) is 16.1 Å². The van der Waals surface area contributed by atoms with Gasteiger partial charge in [0.15, 0.2) is 0 Å². The summed E-state index contributed by atoms with van der Waals surface area (Å²) in [5.41, 5.74) is 2.33. The number of aromatic nitrogens is 2. The van der Waals surface area contributed by atoms with E-state index in [0.29, 0.717) is 0 Å². The summed E-state index contributed by atoms with van der Waals surface area (Å²) in [5, 5.41) is 4.20. The molecule has 1 heterocycles. The molecular formula is C13H16ClN3. The SMILES string of the molecule is Cc1ccc(CNCCn2ccnc2)c(Cl)c1. The molecule has 2 aromatic rings. The summed E-state index contributed by atoms with van der Waals surface area (Å²) in [6.07, 6.45) is 5.57. The van der Waals surface area contributed by atoms with Gasteiger partial charge in [0.2, 0.25) is 0 Å². The van der Waals surface area contributed by atoms with Crippen molar-refractivity contribution in [3.05, 3.63) is 53.1 Å². The van der Waals surface area contributed by atoms with Crippen LogP contribution in [0.5, 0.6) is 0 Å². The number of rotatable bonds is 5. The van der Waals surface area contributed by atoms with Crippen LogP contribution in [0.1, 0.15) is 11.1 Å². The van der Waals surface area contributed by atoms with Crippen LogP contribution in [0.15, 0.2) is 36.9 Å². The van der Waals surface area contributed by atoms with E-state index in [9.17, 15) is 0 Å². The molecule has 0 aliphatic rings. The average molecular weight is 250 g/mol. The molecule has 3 nitrogen and oxygen atoms in total.